The van der Waals surface area contributed by atoms with Gasteiger partial charge in [0.2, 0.25) is 5.91 Å². The standard InChI is InChI=1S/C24H20N4OS/c1-17(29)28-22(15-21(25-28)18-9-4-2-5-10-18)20-16-27(19-11-6-3-7-12-19)26-24(20)23-13-8-14-30-23/h2-14,16,22H,15H2,1H3/t22-/m0/s1. The van der Waals surface area contributed by atoms with Crippen LogP contribution in [0.15, 0.2) is 89.5 Å². The minimum Gasteiger partial charge on any atom is -0.273 e. The Bertz CT molecular complexity index is 1200. The molecule has 0 radical (unpaired) electrons. The largest absolute Gasteiger partial charge is 0.273 e. The number of aromatic nitrogens is 2. The number of hydrogen-bond donors (Lipinski definition) is 0. The fraction of sp³-hybridized carbons (Fsp3) is 0.125. The zero-order valence-electron chi connectivity index (χ0n) is 16.5. The number of amides is 1. The van der Waals surface area contributed by atoms with E-state index in [9.17, 15) is 4.79 Å². The molecule has 0 aliphatic carbocycles. The smallest absolute Gasteiger partial charge is 0.240 e. The SMILES string of the molecule is CC(=O)N1N=C(c2ccccc2)C[C@H]1c1cn(-c2ccccc2)nc1-c1cccs1. The van der Waals surface area contributed by atoms with E-state index in [1.54, 1.807) is 23.3 Å². The summed E-state index contributed by atoms with van der Waals surface area (Å²) in [5.41, 5.74) is 4.85. The minimum atomic E-state index is -0.188. The molecule has 0 fully saturated rings. The molecule has 1 aliphatic rings. The third kappa shape index (κ3) is 3.35. The van der Waals surface area contributed by atoms with Gasteiger partial charge in [0.1, 0.15) is 5.69 Å². The lowest BCUT2D eigenvalue weighted by Gasteiger charge is -2.19. The summed E-state index contributed by atoms with van der Waals surface area (Å²) in [6.45, 7) is 1.57. The Labute approximate surface area is 178 Å². The van der Waals surface area contributed by atoms with Gasteiger partial charge in [-0.25, -0.2) is 9.69 Å². The highest BCUT2D eigenvalue weighted by molar-refractivity contribution is 7.13. The molecule has 1 atom stereocenters. The summed E-state index contributed by atoms with van der Waals surface area (Å²) >= 11 is 1.65. The molecule has 2 aromatic heterocycles. The van der Waals surface area contributed by atoms with Crippen molar-refractivity contribution in [2.24, 2.45) is 5.10 Å². The van der Waals surface area contributed by atoms with Crippen molar-refractivity contribution in [3.05, 3.63) is 95.5 Å². The van der Waals surface area contributed by atoms with Gasteiger partial charge in [0, 0.05) is 25.1 Å². The van der Waals surface area contributed by atoms with Crippen molar-refractivity contribution in [2.45, 2.75) is 19.4 Å². The maximum atomic E-state index is 12.5. The number of carbonyl (C=O) groups excluding carboxylic acids is 1. The molecule has 2 aromatic carbocycles. The molecule has 0 N–H and O–H groups in total. The van der Waals surface area contributed by atoms with Gasteiger partial charge in [-0.1, -0.05) is 54.6 Å². The van der Waals surface area contributed by atoms with Crippen LogP contribution in [-0.2, 0) is 4.79 Å². The fourth-order valence-corrected chi connectivity index (χ4v) is 4.53. The first-order valence-corrected chi connectivity index (χ1v) is 10.7. The zero-order valence-corrected chi connectivity index (χ0v) is 17.3. The first-order chi connectivity index (χ1) is 14.7. The lowest BCUT2D eigenvalue weighted by atomic mass is 9.98. The van der Waals surface area contributed by atoms with Crippen molar-refractivity contribution in [3.63, 3.8) is 0 Å². The Balaban J connectivity index is 1.60. The van der Waals surface area contributed by atoms with E-state index in [-0.39, 0.29) is 11.9 Å². The number of hydrogen-bond acceptors (Lipinski definition) is 4. The number of nitrogens with zero attached hydrogens (tertiary/aromatic N) is 4. The second kappa shape index (κ2) is 7.72. The molecule has 5 rings (SSSR count). The van der Waals surface area contributed by atoms with Gasteiger partial charge in [-0.3, -0.25) is 4.79 Å². The number of hydrazone groups is 1. The molecule has 5 nitrogen and oxygen atoms in total. The molecule has 30 heavy (non-hydrogen) atoms. The number of thiophene rings is 1. The normalized spacial score (nSPS) is 16.0. The maximum Gasteiger partial charge on any atom is 0.240 e. The van der Waals surface area contributed by atoms with Crippen LogP contribution in [0.1, 0.15) is 30.5 Å². The van der Waals surface area contributed by atoms with E-state index in [0.717, 1.165) is 33.1 Å². The van der Waals surface area contributed by atoms with Crippen LogP contribution in [0.2, 0.25) is 0 Å². The van der Waals surface area contributed by atoms with Gasteiger partial charge in [-0.2, -0.15) is 10.2 Å². The molecular formula is C24H20N4OS. The van der Waals surface area contributed by atoms with Crippen LogP contribution < -0.4 is 0 Å². The van der Waals surface area contributed by atoms with Gasteiger partial charge < -0.3 is 0 Å². The van der Waals surface area contributed by atoms with E-state index in [4.69, 9.17) is 5.10 Å². The van der Waals surface area contributed by atoms with Crippen LogP contribution in [0.5, 0.6) is 0 Å². The summed E-state index contributed by atoms with van der Waals surface area (Å²) in [4.78, 5) is 13.6. The van der Waals surface area contributed by atoms with Crippen molar-refractivity contribution in [1.82, 2.24) is 14.8 Å². The van der Waals surface area contributed by atoms with Gasteiger partial charge in [0.15, 0.2) is 0 Å². The van der Waals surface area contributed by atoms with E-state index in [1.807, 2.05) is 83.0 Å². The monoisotopic (exact) mass is 412 g/mol. The molecule has 3 heterocycles. The second-order valence-electron chi connectivity index (χ2n) is 7.19. The van der Waals surface area contributed by atoms with Crippen molar-refractivity contribution >= 4 is 23.0 Å². The van der Waals surface area contributed by atoms with E-state index in [0.29, 0.717) is 6.42 Å². The average Bonchev–Trinajstić information content (AvgIpc) is 3.53. The highest BCUT2D eigenvalue weighted by atomic mass is 32.1. The molecule has 1 aliphatic heterocycles. The van der Waals surface area contributed by atoms with Crippen molar-refractivity contribution in [1.29, 1.82) is 0 Å². The highest BCUT2D eigenvalue weighted by Crippen LogP contribution is 2.39. The Hall–Kier alpha value is -3.51. The zero-order chi connectivity index (χ0) is 20.5. The topological polar surface area (TPSA) is 50.5 Å². The van der Waals surface area contributed by atoms with Gasteiger partial charge in [-0.05, 0) is 29.1 Å². The highest BCUT2D eigenvalue weighted by Gasteiger charge is 2.34. The Kier molecular flexibility index (Phi) is 4.77. The van der Waals surface area contributed by atoms with Crippen LogP contribution in [-0.4, -0.2) is 26.4 Å². The second-order valence-corrected chi connectivity index (χ2v) is 8.13. The summed E-state index contributed by atoms with van der Waals surface area (Å²) < 4.78 is 1.89. The molecule has 0 saturated carbocycles. The first-order valence-electron chi connectivity index (χ1n) is 9.82. The van der Waals surface area contributed by atoms with Crippen LogP contribution in [0.3, 0.4) is 0 Å². The molecule has 0 saturated heterocycles. The molecule has 148 valence electrons. The van der Waals surface area contributed by atoms with Crippen LogP contribution in [0.25, 0.3) is 16.3 Å². The van der Waals surface area contributed by atoms with Crippen molar-refractivity contribution in [2.75, 3.05) is 0 Å². The number of benzene rings is 2. The number of rotatable bonds is 4. The molecule has 1 amide bonds. The average molecular weight is 413 g/mol. The van der Waals surface area contributed by atoms with E-state index >= 15 is 0 Å². The Morgan fingerprint density at radius 3 is 2.40 bits per heavy atom. The van der Waals surface area contributed by atoms with Gasteiger partial charge >= 0.3 is 0 Å². The third-order valence-corrected chi connectivity index (χ3v) is 6.09. The number of para-hydroxylation sites is 1. The van der Waals surface area contributed by atoms with Crippen molar-refractivity contribution < 1.29 is 4.79 Å². The Morgan fingerprint density at radius 2 is 1.73 bits per heavy atom. The predicted molar refractivity (Wildman–Crippen MR) is 120 cm³/mol. The molecule has 0 bridgehead atoms. The first kappa shape index (κ1) is 18.5. The molecule has 0 unspecified atom stereocenters. The van der Waals surface area contributed by atoms with Crippen LogP contribution in [0, 0.1) is 0 Å². The summed E-state index contributed by atoms with van der Waals surface area (Å²) in [5, 5.41) is 13.2. The van der Waals surface area contributed by atoms with Crippen LogP contribution in [0.4, 0.5) is 0 Å². The summed E-state index contributed by atoms with van der Waals surface area (Å²) in [6.07, 6.45) is 2.69. The number of carbonyl (C=O) groups is 1. The van der Waals surface area contributed by atoms with E-state index in [2.05, 4.69) is 11.2 Å². The summed E-state index contributed by atoms with van der Waals surface area (Å²) in [7, 11) is 0. The summed E-state index contributed by atoms with van der Waals surface area (Å²) in [6, 6.07) is 24.0. The fourth-order valence-electron chi connectivity index (χ4n) is 3.80. The van der Waals surface area contributed by atoms with E-state index < -0.39 is 0 Å². The lowest BCUT2D eigenvalue weighted by Crippen LogP contribution is -2.24. The molecule has 6 heteroatoms. The minimum absolute atomic E-state index is 0.0736. The Morgan fingerprint density at radius 1 is 1.00 bits per heavy atom. The van der Waals surface area contributed by atoms with E-state index in [1.165, 1.54) is 0 Å². The molecule has 0 spiro atoms. The third-order valence-electron chi connectivity index (χ3n) is 5.22. The maximum absolute atomic E-state index is 12.5. The quantitative estimate of drug-likeness (QED) is 0.457. The molecule has 4 aromatic rings. The molecular weight excluding hydrogens is 392 g/mol. The van der Waals surface area contributed by atoms with Crippen LogP contribution >= 0.6 is 11.3 Å². The lowest BCUT2D eigenvalue weighted by molar-refractivity contribution is -0.130. The van der Waals surface area contributed by atoms with Gasteiger partial charge in [-0.15, -0.1) is 11.3 Å². The summed E-state index contributed by atoms with van der Waals surface area (Å²) in [5.74, 6) is -0.0736. The van der Waals surface area contributed by atoms with Gasteiger partial charge in [0.25, 0.3) is 0 Å². The van der Waals surface area contributed by atoms with Crippen molar-refractivity contribution in [3.8, 4) is 16.3 Å². The van der Waals surface area contributed by atoms with Gasteiger partial charge in [0.05, 0.1) is 22.3 Å². The predicted octanol–water partition coefficient (Wildman–Crippen LogP) is 5.30.